The van der Waals surface area contributed by atoms with Crippen LogP contribution < -0.4 is 10.0 Å². The van der Waals surface area contributed by atoms with Gasteiger partial charge in [-0.1, -0.05) is 42.5 Å². The molecule has 0 fully saturated rings. The zero-order valence-electron chi connectivity index (χ0n) is 13.0. The number of rotatable bonds is 3. The lowest BCUT2D eigenvalue weighted by Gasteiger charge is -2.04. The fourth-order valence-corrected chi connectivity index (χ4v) is 3.37. The maximum atomic E-state index is 12.2. The van der Waals surface area contributed by atoms with Crippen LogP contribution in [0.2, 0.25) is 0 Å². The number of hydrogen-bond donors (Lipinski definition) is 1. The number of hydrogen-bond acceptors (Lipinski definition) is 4. The van der Waals surface area contributed by atoms with Crippen molar-refractivity contribution in [3.8, 4) is 11.3 Å². The lowest BCUT2D eigenvalue weighted by atomic mass is 10.0. The third-order valence-corrected chi connectivity index (χ3v) is 4.59. The van der Waals surface area contributed by atoms with Crippen molar-refractivity contribution in [2.24, 2.45) is 0 Å². The molecule has 0 aliphatic carbocycles. The molecule has 2 aromatic carbocycles. The summed E-state index contributed by atoms with van der Waals surface area (Å²) in [6, 6.07) is 17.3. The van der Waals surface area contributed by atoms with Crippen molar-refractivity contribution in [1.29, 1.82) is 0 Å². The highest BCUT2D eigenvalue weighted by molar-refractivity contribution is 7.14. The van der Waals surface area contributed by atoms with Crippen LogP contribution in [0.15, 0.2) is 72.4 Å². The van der Waals surface area contributed by atoms with Gasteiger partial charge in [-0.2, -0.15) is 4.73 Å². The molecular formula is C19H13N3O2S. The molecule has 6 heteroatoms. The Kier molecular flexibility index (Phi) is 3.87. The Bertz CT molecular complexity index is 1070. The van der Waals surface area contributed by atoms with E-state index in [4.69, 9.17) is 0 Å². The average molecular weight is 347 g/mol. The van der Waals surface area contributed by atoms with Crippen molar-refractivity contribution in [3.05, 3.63) is 83.1 Å². The van der Waals surface area contributed by atoms with E-state index in [1.807, 2.05) is 29.6 Å². The second-order valence-electron chi connectivity index (χ2n) is 5.47. The number of anilines is 1. The first-order valence-electron chi connectivity index (χ1n) is 7.64. The zero-order chi connectivity index (χ0) is 17.2. The number of fused-ring (bicyclic) bond motifs is 1. The fourth-order valence-electron chi connectivity index (χ4n) is 2.66. The molecule has 122 valence electrons. The van der Waals surface area contributed by atoms with Crippen LogP contribution in [0.4, 0.5) is 5.13 Å². The van der Waals surface area contributed by atoms with Crippen LogP contribution in [-0.2, 0) is 0 Å². The minimum absolute atomic E-state index is 0.291. The third-order valence-electron chi connectivity index (χ3n) is 3.83. The number of carbonyl (C=O) groups is 1. The Morgan fingerprint density at radius 1 is 1.08 bits per heavy atom. The molecule has 2 aromatic heterocycles. The summed E-state index contributed by atoms with van der Waals surface area (Å²) in [5, 5.41) is 18.7. The van der Waals surface area contributed by atoms with E-state index in [2.05, 4.69) is 28.5 Å². The standard InChI is InChI=1S/C19H13N3O2S/c23-18(14-7-4-10-22(24)11-14)21-19-20-17(12-25-19)16-9-3-6-13-5-1-2-8-15(13)16/h1-12H,(H,20,21,23). The topological polar surface area (TPSA) is 68.9 Å². The number of amides is 1. The first-order chi connectivity index (χ1) is 12.2. The fraction of sp³-hybridized carbons (Fsp3) is 0. The average Bonchev–Trinajstić information content (AvgIpc) is 3.09. The van der Waals surface area contributed by atoms with Crippen molar-refractivity contribution in [1.82, 2.24) is 4.98 Å². The molecule has 0 spiro atoms. The van der Waals surface area contributed by atoms with Crippen molar-refractivity contribution in [2.45, 2.75) is 0 Å². The van der Waals surface area contributed by atoms with Crippen LogP contribution in [0.5, 0.6) is 0 Å². The molecular weight excluding hydrogens is 334 g/mol. The summed E-state index contributed by atoms with van der Waals surface area (Å²) in [5.74, 6) is -0.357. The summed E-state index contributed by atoms with van der Waals surface area (Å²) in [6.45, 7) is 0. The molecule has 2 heterocycles. The summed E-state index contributed by atoms with van der Waals surface area (Å²) < 4.78 is 0.596. The van der Waals surface area contributed by atoms with Gasteiger partial charge in [0.2, 0.25) is 0 Å². The minimum atomic E-state index is -0.357. The Labute approximate surface area is 147 Å². The molecule has 0 bridgehead atoms. The lowest BCUT2D eigenvalue weighted by Crippen LogP contribution is -2.27. The monoisotopic (exact) mass is 347 g/mol. The zero-order valence-corrected chi connectivity index (χ0v) is 13.9. The van der Waals surface area contributed by atoms with Crippen LogP contribution in [0, 0.1) is 5.21 Å². The number of thiazole rings is 1. The molecule has 0 unspecified atom stereocenters. The Hall–Kier alpha value is -3.25. The van der Waals surface area contributed by atoms with Gasteiger partial charge < -0.3 is 5.21 Å². The largest absolute Gasteiger partial charge is 0.619 e. The van der Waals surface area contributed by atoms with Crippen molar-refractivity contribution in [3.63, 3.8) is 0 Å². The Morgan fingerprint density at radius 3 is 2.80 bits per heavy atom. The van der Waals surface area contributed by atoms with E-state index in [1.54, 1.807) is 6.07 Å². The molecule has 0 aliphatic heterocycles. The van der Waals surface area contributed by atoms with E-state index in [-0.39, 0.29) is 5.91 Å². The normalized spacial score (nSPS) is 10.7. The summed E-state index contributed by atoms with van der Waals surface area (Å²) in [6.07, 6.45) is 2.56. The van der Waals surface area contributed by atoms with Gasteiger partial charge in [0.1, 0.15) is 5.56 Å². The molecule has 1 amide bonds. The highest BCUT2D eigenvalue weighted by Crippen LogP contribution is 2.31. The third kappa shape index (κ3) is 3.07. The first kappa shape index (κ1) is 15.3. The highest BCUT2D eigenvalue weighted by Gasteiger charge is 2.13. The molecule has 0 aliphatic rings. The SMILES string of the molecule is O=C(Nc1nc(-c2cccc3ccccc23)cs1)c1ccc[n+]([O-])c1. The smallest absolute Gasteiger partial charge is 0.263 e. The molecule has 0 saturated carbocycles. The number of aromatic nitrogens is 2. The van der Waals surface area contributed by atoms with Crippen LogP contribution in [-0.4, -0.2) is 10.9 Å². The van der Waals surface area contributed by atoms with Gasteiger partial charge in [0.15, 0.2) is 17.5 Å². The number of benzene rings is 2. The van der Waals surface area contributed by atoms with Crippen LogP contribution in [0.1, 0.15) is 10.4 Å². The van der Waals surface area contributed by atoms with Crippen molar-refractivity contribution >= 4 is 33.1 Å². The van der Waals surface area contributed by atoms with E-state index in [0.29, 0.717) is 15.4 Å². The van der Waals surface area contributed by atoms with E-state index in [9.17, 15) is 10.0 Å². The van der Waals surface area contributed by atoms with E-state index < -0.39 is 0 Å². The predicted molar refractivity (Wildman–Crippen MR) is 98.4 cm³/mol. The van der Waals surface area contributed by atoms with Crippen molar-refractivity contribution < 1.29 is 9.52 Å². The quantitative estimate of drug-likeness (QED) is 0.452. The molecule has 0 atom stereocenters. The molecule has 0 radical (unpaired) electrons. The summed E-state index contributed by atoms with van der Waals surface area (Å²) in [4.78, 5) is 16.7. The lowest BCUT2D eigenvalue weighted by molar-refractivity contribution is -0.605. The second-order valence-corrected chi connectivity index (χ2v) is 6.33. The van der Waals surface area contributed by atoms with E-state index in [1.165, 1.54) is 29.8 Å². The number of pyridine rings is 1. The summed E-state index contributed by atoms with van der Waals surface area (Å²) in [5.41, 5.74) is 2.12. The molecule has 4 rings (SSSR count). The molecule has 25 heavy (non-hydrogen) atoms. The molecule has 5 nitrogen and oxygen atoms in total. The minimum Gasteiger partial charge on any atom is -0.619 e. The summed E-state index contributed by atoms with van der Waals surface area (Å²) in [7, 11) is 0. The molecule has 1 N–H and O–H groups in total. The molecule has 0 saturated heterocycles. The van der Waals surface area contributed by atoms with Gasteiger partial charge in [0.05, 0.1) is 5.69 Å². The number of nitrogens with one attached hydrogen (secondary N) is 1. The summed E-state index contributed by atoms with van der Waals surface area (Å²) >= 11 is 1.35. The van der Waals surface area contributed by atoms with Gasteiger partial charge in [-0.3, -0.25) is 10.1 Å². The van der Waals surface area contributed by atoms with Crippen LogP contribution >= 0.6 is 11.3 Å². The predicted octanol–water partition coefficient (Wildman–Crippen LogP) is 3.85. The van der Waals surface area contributed by atoms with Gasteiger partial charge in [-0.15, -0.1) is 11.3 Å². The second kappa shape index (κ2) is 6.33. The van der Waals surface area contributed by atoms with Gasteiger partial charge in [0, 0.05) is 17.0 Å². The van der Waals surface area contributed by atoms with Crippen LogP contribution in [0.3, 0.4) is 0 Å². The van der Waals surface area contributed by atoms with Gasteiger partial charge in [0.25, 0.3) is 5.91 Å². The van der Waals surface area contributed by atoms with E-state index >= 15 is 0 Å². The van der Waals surface area contributed by atoms with E-state index in [0.717, 1.165) is 22.0 Å². The van der Waals surface area contributed by atoms with Crippen LogP contribution in [0.25, 0.3) is 22.0 Å². The number of carbonyl (C=O) groups excluding carboxylic acids is 1. The van der Waals surface area contributed by atoms with Gasteiger partial charge in [-0.25, -0.2) is 4.98 Å². The van der Waals surface area contributed by atoms with Crippen molar-refractivity contribution in [2.75, 3.05) is 5.32 Å². The van der Waals surface area contributed by atoms with Gasteiger partial charge >= 0.3 is 0 Å². The molecule has 4 aromatic rings. The Morgan fingerprint density at radius 2 is 1.92 bits per heavy atom. The first-order valence-corrected chi connectivity index (χ1v) is 8.52. The highest BCUT2D eigenvalue weighted by atomic mass is 32.1. The number of nitrogens with zero attached hydrogens (tertiary/aromatic N) is 2. The maximum absolute atomic E-state index is 12.2. The maximum Gasteiger partial charge on any atom is 0.263 e. The van der Waals surface area contributed by atoms with Gasteiger partial charge in [-0.05, 0) is 16.8 Å². The Balaban J connectivity index is 1.63.